The number of hydrogen-bond acceptors (Lipinski definition) is 2. The van der Waals surface area contributed by atoms with E-state index in [2.05, 4.69) is 19.2 Å². The number of amides is 1. The second kappa shape index (κ2) is 6.50. The molecule has 0 spiro atoms. The van der Waals surface area contributed by atoms with E-state index in [0.29, 0.717) is 23.6 Å². The van der Waals surface area contributed by atoms with Crippen LogP contribution < -0.4 is 11.1 Å². The molecule has 0 fully saturated rings. The van der Waals surface area contributed by atoms with Crippen LogP contribution in [0.25, 0.3) is 0 Å². The minimum absolute atomic E-state index is 0.0399. The molecule has 1 amide bonds. The Morgan fingerprint density at radius 3 is 2.61 bits per heavy atom. The van der Waals surface area contributed by atoms with Gasteiger partial charge in [-0.2, -0.15) is 0 Å². The maximum atomic E-state index is 13.0. The molecule has 0 aliphatic rings. The number of halogens is 1. The first-order valence-electron chi connectivity index (χ1n) is 6.21. The van der Waals surface area contributed by atoms with Crippen LogP contribution in [0.3, 0.4) is 0 Å². The highest BCUT2D eigenvalue weighted by Crippen LogP contribution is 2.11. The highest BCUT2D eigenvalue weighted by atomic mass is 19.1. The van der Waals surface area contributed by atoms with Crippen molar-refractivity contribution < 1.29 is 9.18 Å². The van der Waals surface area contributed by atoms with Crippen LogP contribution in [0.1, 0.15) is 36.2 Å². The Bertz CT molecular complexity index is 418. The Balaban J connectivity index is 2.74. The van der Waals surface area contributed by atoms with Crippen LogP contribution in [0, 0.1) is 18.7 Å². The molecular formula is C14H21FN2O. The average molecular weight is 252 g/mol. The topological polar surface area (TPSA) is 55.1 Å². The van der Waals surface area contributed by atoms with Gasteiger partial charge in [0.2, 0.25) is 0 Å². The van der Waals surface area contributed by atoms with Crippen molar-refractivity contribution in [3.05, 3.63) is 35.1 Å². The molecule has 4 heteroatoms. The molecule has 0 aliphatic heterocycles. The maximum Gasteiger partial charge on any atom is 0.251 e. The summed E-state index contributed by atoms with van der Waals surface area (Å²) in [5.74, 6) is -0.0571. The Kier molecular flexibility index (Phi) is 5.28. The molecule has 0 radical (unpaired) electrons. The maximum absolute atomic E-state index is 13.0. The molecule has 0 heterocycles. The van der Waals surface area contributed by atoms with Gasteiger partial charge in [-0.05, 0) is 43.0 Å². The lowest BCUT2D eigenvalue weighted by atomic mass is 10.0. The first-order valence-corrected chi connectivity index (χ1v) is 6.21. The number of aryl methyl sites for hydroxylation is 1. The third-order valence-electron chi connectivity index (χ3n) is 2.81. The van der Waals surface area contributed by atoms with Gasteiger partial charge in [-0.15, -0.1) is 0 Å². The zero-order valence-electron chi connectivity index (χ0n) is 11.2. The number of rotatable bonds is 5. The SMILES string of the molecule is Cc1cc(F)ccc1C(=O)NC(CN)CC(C)C. The molecule has 0 bridgehead atoms. The van der Waals surface area contributed by atoms with Crippen molar-refractivity contribution in [2.45, 2.75) is 33.2 Å². The molecule has 100 valence electrons. The van der Waals surface area contributed by atoms with Gasteiger partial charge in [-0.1, -0.05) is 13.8 Å². The van der Waals surface area contributed by atoms with E-state index in [1.54, 1.807) is 6.92 Å². The summed E-state index contributed by atoms with van der Waals surface area (Å²) in [5, 5.41) is 2.89. The van der Waals surface area contributed by atoms with Gasteiger partial charge >= 0.3 is 0 Å². The van der Waals surface area contributed by atoms with E-state index in [1.807, 2.05) is 0 Å². The minimum Gasteiger partial charge on any atom is -0.348 e. The molecule has 0 aliphatic carbocycles. The quantitative estimate of drug-likeness (QED) is 0.844. The number of nitrogens with two attached hydrogens (primary N) is 1. The summed E-state index contributed by atoms with van der Waals surface area (Å²) in [4.78, 5) is 12.0. The van der Waals surface area contributed by atoms with E-state index in [1.165, 1.54) is 18.2 Å². The molecule has 1 rings (SSSR count). The summed E-state index contributed by atoms with van der Waals surface area (Å²) in [7, 11) is 0. The standard InChI is InChI=1S/C14H21FN2O/c1-9(2)6-12(8-16)17-14(18)13-5-4-11(15)7-10(13)3/h4-5,7,9,12H,6,8,16H2,1-3H3,(H,17,18). The molecule has 1 unspecified atom stereocenters. The van der Waals surface area contributed by atoms with E-state index in [0.717, 1.165) is 6.42 Å². The van der Waals surface area contributed by atoms with Gasteiger partial charge in [-0.3, -0.25) is 4.79 Å². The number of benzene rings is 1. The van der Waals surface area contributed by atoms with E-state index in [-0.39, 0.29) is 17.8 Å². The van der Waals surface area contributed by atoms with Gasteiger partial charge in [-0.25, -0.2) is 4.39 Å². The van der Waals surface area contributed by atoms with Crippen LogP contribution in [0.15, 0.2) is 18.2 Å². The molecule has 1 atom stereocenters. The minimum atomic E-state index is -0.332. The Morgan fingerprint density at radius 1 is 1.44 bits per heavy atom. The highest BCUT2D eigenvalue weighted by molar-refractivity contribution is 5.95. The predicted octanol–water partition coefficient (Wildman–Crippen LogP) is 2.24. The molecule has 18 heavy (non-hydrogen) atoms. The molecule has 0 aromatic heterocycles. The molecule has 0 saturated carbocycles. The van der Waals surface area contributed by atoms with Gasteiger partial charge in [0.15, 0.2) is 0 Å². The lowest BCUT2D eigenvalue weighted by Crippen LogP contribution is -2.41. The van der Waals surface area contributed by atoms with Crippen LogP contribution in [0.5, 0.6) is 0 Å². The van der Waals surface area contributed by atoms with Crippen LogP contribution in [0.4, 0.5) is 4.39 Å². The summed E-state index contributed by atoms with van der Waals surface area (Å²) in [5.41, 5.74) is 6.77. The van der Waals surface area contributed by atoms with Crippen molar-refractivity contribution in [1.29, 1.82) is 0 Å². The van der Waals surface area contributed by atoms with Crippen molar-refractivity contribution in [2.75, 3.05) is 6.54 Å². The van der Waals surface area contributed by atoms with E-state index in [9.17, 15) is 9.18 Å². The largest absolute Gasteiger partial charge is 0.348 e. The Hall–Kier alpha value is -1.42. The van der Waals surface area contributed by atoms with E-state index >= 15 is 0 Å². The summed E-state index contributed by atoms with van der Waals surface area (Å²) >= 11 is 0. The van der Waals surface area contributed by atoms with Gasteiger partial charge in [0.05, 0.1) is 0 Å². The summed E-state index contributed by atoms with van der Waals surface area (Å²) < 4.78 is 13.0. The zero-order valence-corrected chi connectivity index (χ0v) is 11.2. The van der Waals surface area contributed by atoms with Crippen molar-refractivity contribution in [3.8, 4) is 0 Å². The lowest BCUT2D eigenvalue weighted by Gasteiger charge is -2.19. The molecule has 1 aromatic rings. The Morgan fingerprint density at radius 2 is 2.11 bits per heavy atom. The van der Waals surface area contributed by atoms with Crippen LogP contribution >= 0.6 is 0 Å². The fraction of sp³-hybridized carbons (Fsp3) is 0.500. The molecule has 0 saturated heterocycles. The van der Waals surface area contributed by atoms with Gasteiger partial charge in [0, 0.05) is 18.2 Å². The first-order chi connectivity index (χ1) is 8.43. The zero-order chi connectivity index (χ0) is 13.7. The second-order valence-electron chi connectivity index (χ2n) is 4.99. The smallest absolute Gasteiger partial charge is 0.251 e. The van der Waals surface area contributed by atoms with Crippen LogP contribution in [-0.4, -0.2) is 18.5 Å². The number of nitrogens with one attached hydrogen (secondary N) is 1. The fourth-order valence-corrected chi connectivity index (χ4v) is 1.93. The number of hydrogen-bond donors (Lipinski definition) is 2. The molecule has 3 nitrogen and oxygen atoms in total. The number of carbonyl (C=O) groups excluding carboxylic acids is 1. The van der Waals surface area contributed by atoms with Crippen molar-refractivity contribution >= 4 is 5.91 Å². The van der Waals surface area contributed by atoms with E-state index in [4.69, 9.17) is 5.73 Å². The molecule has 1 aromatic carbocycles. The summed E-state index contributed by atoms with van der Waals surface area (Å²) in [6.45, 7) is 6.29. The monoisotopic (exact) mass is 252 g/mol. The molecular weight excluding hydrogens is 231 g/mol. The lowest BCUT2D eigenvalue weighted by molar-refractivity contribution is 0.0933. The highest BCUT2D eigenvalue weighted by Gasteiger charge is 2.15. The van der Waals surface area contributed by atoms with Gasteiger partial charge in [0.25, 0.3) is 5.91 Å². The van der Waals surface area contributed by atoms with Crippen LogP contribution in [-0.2, 0) is 0 Å². The third-order valence-corrected chi connectivity index (χ3v) is 2.81. The van der Waals surface area contributed by atoms with Gasteiger partial charge < -0.3 is 11.1 Å². The van der Waals surface area contributed by atoms with Gasteiger partial charge in [0.1, 0.15) is 5.82 Å². The van der Waals surface area contributed by atoms with Crippen molar-refractivity contribution in [2.24, 2.45) is 11.7 Å². The number of carbonyl (C=O) groups is 1. The Labute approximate surface area is 108 Å². The third kappa shape index (κ3) is 4.11. The van der Waals surface area contributed by atoms with Crippen molar-refractivity contribution in [3.63, 3.8) is 0 Å². The normalized spacial score (nSPS) is 12.6. The van der Waals surface area contributed by atoms with Crippen LogP contribution in [0.2, 0.25) is 0 Å². The van der Waals surface area contributed by atoms with E-state index < -0.39 is 0 Å². The second-order valence-corrected chi connectivity index (χ2v) is 4.99. The fourth-order valence-electron chi connectivity index (χ4n) is 1.93. The average Bonchev–Trinajstić information content (AvgIpc) is 2.27. The van der Waals surface area contributed by atoms with Crippen molar-refractivity contribution in [1.82, 2.24) is 5.32 Å². The first kappa shape index (κ1) is 14.6. The molecule has 3 N–H and O–H groups in total. The summed E-state index contributed by atoms with van der Waals surface area (Å²) in [6, 6.07) is 4.11. The summed E-state index contributed by atoms with van der Waals surface area (Å²) in [6.07, 6.45) is 0.836. The predicted molar refractivity (Wildman–Crippen MR) is 70.9 cm³/mol.